The minimum Gasteiger partial charge on any atom is -0.135 e. The molecule has 0 N–H and O–H groups in total. The van der Waals surface area contributed by atoms with Gasteiger partial charge in [0, 0.05) is 20.2 Å². The minimum absolute atomic E-state index is 1.30. The van der Waals surface area contributed by atoms with Gasteiger partial charge in [0.25, 0.3) is 0 Å². The Morgan fingerprint density at radius 2 is 1.58 bits per heavy atom. The lowest BCUT2D eigenvalue weighted by Crippen LogP contribution is -1.81. The number of hydrogen-bond donors (Lipinski definition) is 0. The fourth-order valence-corrected chi connectivity index (χ4v) is 4.87. The molecular weight excluding hydrogens is 308 g/mol. The third-order valence-electron chi connectivity index (χ3n) is 4.72. The normalized spacial score (nSPS) is 11.5. The van der Waals surface area contributed by atoms with Crippen LogP contribution in [0.2, 0.25) is 0 Å². The van der Waals surface area contributed by atoms with Crippen molar-refractivity contribution < 1.29 is 0 Å². The van der Waals surface area contributed by atoms with Crippen LogP contribution in [0.1, 0.15) is 5.56 Å². The molecule has 0 saturated heterocycles. The van der Waals surface area contributed by atoms with Crippen LogP contribution in [-0.4, -0.2) is 0 Å². The maximum atomic E-state index is 2.29. The van der Waals surface area contributed by atoms with Gasteiger partial charge in [-0.1, -0.05) is 78.4 Å². The second-order valence-electron chi connectivity index (χ2n) is 6.31. The third-order valence-corrected chi connectivity index (χ3v) is 5.92. The first kappa shape index (κ1) is 13.8. The van der Waals surface area contributed by atoms with Crippen LogP contribution in [0, 0.1) is 6.92 Å². The van der Waals surface area contributed by atoms with Crippen molar-refractivity contribution in [1.29, 1.82) is 0 Å². The third kappa shape index (κ3) is 1.98. The van der Waals surface area contributed by atoms with Crippen molar-refractivity contribution in [3.05, 3.63) is 84.4 Å². The molecule has 0 saturated carbocycles. The predicted octanol–water partition coefficient (Wildman–Crippen LogP) is 7.18. The van der Waals surface area contributed by atoms with E-state index in [1.165, 1.54) is 47.6 Å². The average molecular weight is 324 g/mol. The molecule has 114 valence electrons. The molecule has 1 heterocycles. The lowest BCUT2D eigenvalue weighted by molar-refractivity contribution is 1.47. The van der Waals surface area contributed by atoms with Crippen LogP contribution in [-0.2, 0) is 0 Å². The summed E-state index contributed by atoms with van der Waals surface area (Å²) < 4.78 is 2.75. The molecule has 0 radical (unpaired) electrons. The van der Waals surface area contributed by atoms with E-state index >= 15 is 0 Å². The van der Waals surface area contributed by atoms with Crippen molar-refractivity contribution in [2.75, 3.05) is 0 Å². The summed E-state index contributed by atoms with van der Waals surface area (Å²) in [5, 5.41) is 5.42. The van der Waals surface area contributed by atoms with Crippen LogP contribution in [0.15, 0.2) is 78.9 Å². The molecule has 4 aromatic carbocycles. The van der Waals surface area contributed by atoms with Crippen LogP contribution in [0.5, 0.6) is 0 Å². The van der Waals surface area contributed by atoms with E-state index in [-0.39, 0.29) is 0 Å². The lowest BCUT2D eigenvalue weighted by atomic mass is 9.97. The van der Waals surface area contributed by atoms with Crippen LogP contribution < -0.4 is 0 Å². The van der Waals surface area contributed by atoms with Crippen molar-refractivity contribution in [2.24, 2.45) is 0 Å². The van der Waals surface area contributed by atoms with E-state index in [2.05, 4.69) is 85.8 Å². The predicted molar refractivity (Wildman–Crippen MR) is 107 cm³/mol. The summed E-state index contributed by atoms with van der Waals surface area (Å²) in [5.74, 6) is 0. The van der Waals surface area contributed by atoms with Gasteiger partial charge in [0.15, 0.2) is 0 Å². The summed E-state index contributed by atoms with van der Waals surface area (Å²) in [4.78, 5) is 0. The van der Waals surface area contributed by atoms with Gasteiger partial charge in [0.05, 0.1) is 0 Å². The lowest BCUT2D eigenvalue weighted by Gasteiger charge is -2.06. The van der Waals surface area contributed by atoms with E-state index in [1.807, 2.05) is 11.3 Å². The van der Waals surface area contributed by atoms with Gasteiger partial charge in [-0.3, -0.25) is 0 Å². The van der Waals surface area contributed by atoms with E-state index in [0.717, 1.165) is 0 Å². The Hall–Kier alpha value is -2.64. The summed E-state index contributed by atoms with van der Waals surface area (Å²) in [5.41, 5.74) is 3.93. The number of rotatable bonds is 1. The van der Waals surface area contributed by atoms with Gasteiger partial charge in [-0.25, -0.2) is 0 Å². The molecule has 5 rings (SSSR count). The molecule has 0 amide bonds. The van der Waals surface area contributed by atoms with Gasteiger partial charge >= 0.3 is 0 Å². The quantitative estimate of drug-likeness (QED) is 0.306. The fraction of sp³-hybridized carbons (Fsp3) is 0.0435. The second-order valence-corrected chi connectivity index (χ2v) is 7.37. The molecule has 1 aromatic heterocycles. The number of hydrogen-bond acceptors (Lipinski definition) is 1. The molecule has 0 spiro atoms. The van der Waals surface area contributed by atoms with E-state index in [1.54, 1.807) is 0 Å². The summed E-state index contributed by atoms with van der Waals surface area (Å²) in [6.07, 6.45) is 0. The SMILES string of the molecule is Cc1cccc(-c2cccc3sc4c5ccccc5ccc4c23)c1. The first-order valence-electron chi connectivity index (χ1n) is 8.21. The highest BCUT2D eigenvalue weighted by atomic mass is 32.1. The Balaban J connectivity index is 1.94. The van der Waals surface area contributed by atoms with E-state index in [4.69, 9.17) is 0 Å². The maximum absolute atomic E-state index is 2.29. The Morgan fingerprint density at radius 3 is 2.50 bits per heavy atom. The van der Waals surface area contributed by atoms with Crippen LogP contribution >= 0.6 is 11.3 Å². The smallest absolute Gasteiger partial charge is 0.0434 e. The minimum atomic E-state index is 1.30. The molecule has 0 aliphatic rings. The van der Waals surface area contributed by atoms with Crippen molar-refractivity contribution in [3.8, 4) is 11.1 Å². The van der Waals surface area contributed by atoms with Crippen molar-refractivity contribution >= 4 is 42.3 Å². The van der Waals surface area contributed by atoms with Gasteiger partial charge in [-0.05, 0) is 34.9 Å². The molecular formula is C23H16S. The second kappa shape index (κ2) is 5.19. The topological polar surface area (TPSA) is 0 Å². The Labute approximate surface area is 145 Å². The molecule has 24 heavy (non-hydrogen) atoms. The molecule has 0 unspecified atom stereocenters. The number of aryl methyl sites for hydroxylation is 1. The van der Waals surface area contributed by atoms with Crippen molar-refractivity contribution in [1.82, 2.24) is 0 Å². The first-order chi connectivity index (χ1) is 11.8. The number of thiophene rings is 1. The van der Waals surface area contributed by atoms with Crippen molar-refractivity contribution in [3.63, 3.8) is 0 Å². The van der Waals surface area contributed by atoms with E-state index in [9.17, 15) is 0 Å². The average Bonchev–Trinajstić information content (AvgIpc) is 3.01. The zero-order chi connectivity index (χ0) is 16.1. The summed E-state index contributed by atoms with van der Waals surface area (Å²) in [6.45, 7) is 2.16. The standard InChI is InChI=1S/C23H16S/c1-15-6-4-8-17(14-15)18-10-5-11-21-22(18)20-13-12-16-7-2-3-9-19(16)23(20)24-21/h2-14H,1H3. The van der Waals surface area contributed by atoms with Crippen LogP contribution in [0.4, 0.5) is 0 Å². The van der Waals surface area contributed by atoms with Crippen molar-refractivity contribution in [2.45, 2.75) is 6.92 Å². The monoisotopic (exact) mass is 324 g/mol. The first-order valence-corrected chi connectivity index (χ1v) is 9.03. The number of benzene rings is 4. The summed E-state index contributed by atoms with van der Waals surface area (Å²) in [6, 6.07) is 28.7. The van der Waals surface area contributed by atoms with Gasteiger partial charge in [-0.15, -0.1) is 11.3 Å². The largest absolute Gasteiger partial charge is 0.135 e. The highest BCUT2D eigenvalue weighted by Gasteiger charge is 2.12. The van der Waals surface area contributed by atoms with Gasteiger partial charge in [0.1, 0.15) is 0 Å². The molecule has 0 aliphatic carbocycles. The fourth-order valence-electron chi connectivity index (χ4n) is 3.61. The molecule has 5 aromatic rings. The Kier molecular flexibility index (Phi) is 2.97. The Bertz CT molecular complexity index is 1210. The van der Waals surface area contributed by atoms with E-state index < -0.39 is 0 Å². The summed E-state index contributed by atoms with van der Waals surface area (Å²) >= 11 is 1.90. The zero-order valence-corrected chi connectivity index (χ0v) is 14.2. The van der Waals surface area contributed by atoms with Gasteiger partial charge < -0.3 is 0 Å². The Morgan fingerprint density at radius 1 is 0.708 bits per heavy atom. The molecule has 0 atom stereocenters. The molecule has 0 bridgehead atoms. The number of fused-ring (bicyclic) bond motifs is 5. The van der Waals surface area contributed by atoms with Crippen LogP contribution in [0.25, 0.3) is 42.1 Å². The molecule has 0 fully saturated rings. The molecule has 1 heteroatoms. The highest BCUT2D eigenvalue weighted by Crippen LogP contribution is 2.42. The summed E-state index contributed by atoms with van der Waals surface area (Å²) in [7, 11) is 0. The van der Waals surface area contributed by atoms with E-state index in [0.29, 0.717) is 0 Å². The van der Waals surface area contributed by atoms with Crippen LogP contribution in [0.3, 0.4) is 0 Å². The molecule has 0 aliphatic heterocycles. The zero-order valence-electron chi connectivity index (χ0n) is 13.4. The molecule has 0 nitrogen and oxygen atoms in total. The highest BCUT2D eigenvalue weighted by molar-refractivity contribution is 7.26. The maximum Gasteiger partial charge on any atom is 0.0434 e. The van der Waals surface area contributed by atoms with Gasteiger partial charge in [0.2, 0.25) is 0 Å². The van der Waals surface area contributed by atoms with Gasteiger partial charge in [-0.2, -0.15) is 0 Å².